The van der Waals surface area contributed by atoms with E-state index in [9.17, 15) is 8.42 Å². The molecule has 2 saturated heterocycles. The monoisotopic (exact) mass is 475 g/mol. The van der Waals surface area contributed by atoms with Crippen LogP contribution in [0, 0.1) is 13.8 Å². The smallest absolute Gasteiger partial charge is 0.277 e. The average Bonchev–Trinajstić information content (AvgIpc) is 2.78. The first-order valence-corrected chi connectivity index (χ1v) is 13.2. The van der Waals surface area contributed by atoms with Gasteiger partial charge in [-0.1, -0.05) is 11.8 Å². The number of hydrogen-bond donors (Lipinski definition) is 2. The Bertz CT molecular complexity index is 1140. The number of nitrogens with two attached hydrogens (primary N) is 1. The minimum atomic E-state index is -3.62. The van der Waals surface area contributed by atoms with Crippen LogP contribution in [0.5, 0.6) is 0 Å². The first-order chi connectivity index (χ1) is 15.3. The van der Waals surface area contributed by atoms with E-state index in [-0.39, 0.29) is 0 Å². The topological polar surface area (TPSA) is 91.1 Å². The van der Waals surface area contributed by atoms with Crippen molar-refractivity contribution in [3.8, 4) is 0 Å². The van der Waals surface area contributed by atoms with Gasteiger partial charge in [-0.2, -0.15) is 12.7 Å². The number of rotatable bonds is 3. The molecule has 2 fully saturated rings. The molecule has 0 radical (unpaired) electrons. The van der Waals surface area contributed by atoms with Gasteiger partial charge in [0.2, 0.25) is 0 Å². The summed E-state index contributed by atoms with van der Waals surface area (Å²) in [6.45, 7) is 9.73. The van der Waals surface area contributed by atoms with E-state index >= 15 is 0 Å². The molecule has 0 bridgehead atoms. The fourth-order valence-electron chi connectivity index (χ4n) is 4.59. The lowest BCUT2D eigenvalue weighted by atomic mass is 10.1. The maximum absolute atomic E-state index is 11.6. The first-order valence-electron chi connectivity index (χ1n) is 10.9. The second-order valence-electron chi connectivity index (χ2n) is 8.53. The number of nitrogens with one attached hydrogen (secondary N) is 1. The van der Waals surface area contributed by atoms with Crippen molar-refractivity contribution in [3.05, 3.63) is 35.4 Å². The molecule has 32 heavy (non-hydrogen) atoms. The Balaban J connectivity index is 1.41. The Morgan fingerprint density at radius 2 is 1.34 bits per heavy atom. The van der Waals surface area contributed by atoms with Crippen molar-refractivity contribution in [1.29, 1.82) is 0 Å². The van der Waals surface area contributed by atoms with Crippen molar-refractivity contribution in [2.75, 3.05) is 67.6 Å². The lowest BCUT2D eigenvalue weighted by molar-refractivity contribution is 0.122. The van der Waals surface area contributed by atoms with Crippen LogP contribution < -0.4 is 20.3 Å². The second kappa shape index (κ2) is 8.42. The van der Waals surface area contributed by atoms with Crippen LogP contribution in [0.2, 0.25) is 0 Å². The normalized spacial score (nSPS) is 19.3. The molecule has 0 aromatic heterocycles. The molecule has 3 aliphatic heterocycles. The molecule has 2 aromatic carbocycles. The van der Waals surface area contributed by atoms with E-state index in [1.54, 1.807) is 11.8 Å². The molecule has 0 spiro atoms. The highest BCUT2D eigenvalue weighted by atomic mass is 32.2. The Morgan fingerprint density at radius 3 is 1.84 bits per heavy atom. The number of ether oxygens (including phenoxy) is 1. The van der Waals surface area contributed by atoms with E-state index < -0.39 is 10.2 Å². The summed E-state index contributed by atoms with van der Waals surface area (Å²) in [5.41, 5.74) is 7.11. The molecule has 3 N–H and O–H groups in total. The summed E-state index contributed by atoms with van der Waals surface area (Å²) >= 11 is 1.80. The van der Waals surface area contributed by atoms with E-state index in [1.807, 2.05) is 0 Å². The number of hydrogen-bond acceptors (Lipinski definition) is 7. The summed E-state index contributed by atoms with van der Waals surface area (Å²) in [4.78, 5) is 7.05. The number of anilines is 4. The maximum Gasteiger partial charge on any atom is 0.277 e. The largest absolute Gasteiger partial charge is 0.378 e. The van der Waals surface area contributed by atoms with Gasteiger partial charge >= 0.3 is 0 Å². The molecular formula is C22H29N5O3S2. The predicted molar refractivity (Wildman–Crippen MR) is 130 cm³/mol. The summed E-state index contributed by atoms with van der Waals surface area (Å²) < 4.78 is 30.1. The Kier molecular flexibility index (Phi) is 5.75. The molecule has 0 atom stereocenters. The molecule has 0 unspecified atom stereocenters. The fraction of sp³-hybridized carbons (Fsp3) is 0.455. The van der Waals surface area contributed by atoms with E-state index in [2.05, 4.69) is 53.2 Å². The third-order valence-electron chi connectivity index (χ3n) is 6.38. The molecule has 0 amide bonds. The van der Waals surface area contributed by atoms with Gasteiger partial charge in [0.05, 0.1) is 24.6 Å². The third kappa shape index (κ3) is 4.17. The van der Waals surface area contributed by atoms with Crippen molar-refractivity contribution >= 4 is 44.7 Å². The predicted octanol–water partition coefficient (Wildman–Crippen LogP) is 2.67. The highest BCUT2D eigenvalue weighted by molar-refractivity contribution is 7.99. The Morgan fingerprint density at radius 1 is 0.844 bits per heavy atom. The van der Waals surface area contributed by atoms with E-state index in [4.69, 9.17) is 9.88 Å². The summed E-state index contributed by atoms with van der Waals surface area (Å²) in [5, 5.41) is 8.97. The summed E-state index contributed by atoms with van der Waals surface area (Å²) in [5.74, 6) is 0. The third-order valence-corrected chi connectivity index (χ3v) is 8.55. The van der Waals surface area contributed by atoms with Crippen molar-refractivity contribution in [2.45, 2.75) is 23.6 Å². The van der Waals surface area contributed by atoms with Crippen LogP contribution in [-0.4, -0.2) is 65.2 Å². The molecule has 0 aliphatic carbocycles. The lowest BCUT2D eigenvalue weighted by Crippen LogP contribution is -2.50. The average molecular weight is 476 g/mol. The van der Waals surface area contributed by atoms with E-state index in [1.165, 1.54) is 36.6 Å². The standard InChI is InChI=1S/C22H29N5O3S2/c1-15-11-17(25-3-5-27(6-4-25)32(23,28)29)13-19-21(15)24-22-16(2)12-18(14-20(22)31-19)26-7-9-30-10-8-26/h11-14,24H,3-10H2,1-2H3,(H2,23,28,29). The molecular weight excluding hydrogens is 446 g/mol. The van der Waals surface area contributed by atoms with Gasteiger partial charge in [-0.05, 0) is 49.2 Å². The van der Waals surface area contributed by atoms with E-state index in [0.717, 1.165) is 37.7 Å². The highest BCUT2D eigenvalue weighted by Crippen LogP contribution is 2.49. The number of piperazine rings is 1. The number of morpholine rings is 1. The van der Waals surface area contributed by atoms with Crippen LogP contribution in [0.25, 0.3) is 0 Å². The molecule has 10 heteroatoms. The minimum Gasteiger partial charge on any atom is -0.378 e. The van der Waals surface area contributed by atoms with Gasteiger partial charge < -0.3 is 19.9 Å². The SMILES string of the molecule is Cc1cc(N2CCOCC2)cc2c1Nc1c(C)cc(N3CCN(S(N)(=O)=O)CC3)cc1S2. The summed E-state index contributed by atoms with van der Waals surface area (Å²) in [6.07, 6.45) is 0. The zero-order valence-corrected chi connectivity index (χ0v) is 20.1. The van der Waals surface area contributed by atoms with Crippen molar-refractivity contribution in [1.82, 2.24) is 4.31 Å². The minimum absolute atomic E-state index is 0.408. The molecule has 0 saturated carbocycles. The maximum atomic E-state index is 11.6. The van der Waals surface area contributed by atoms with Gasteiger partial charge in [0, 0.05) is 60.4 Å². The van der Waals surface area contributed by atoms with Crippen LogP contribution in [0.15, 0.2) is 34.1 Å². The number of nitrogens with zero attached hydrogens (tertiary/aromatic N) is 3. The second-order valence-corrected chi connectivity index (χ2v) is 11.2. The van der Waals surface area contributed by atoms with Gasteiger partial charge in [-0.25, -0.2) is 5.14 Å². The summed E-state index contributed by atoms with van der Waals surface area (Å²) in [7, 11) is -3.62. The highest BCUT2D eigenvalue weighted by Gasteiger charge is 2.27. The van der Waals surface area contributed by atoms with Crippen LogP contribution in [0.3, 0.4) is 0 Å². The van der Waals surface area contributed by atoms with Gasteiger partial charge in [0.15, 0.2) is 0 Å². The van der Waals surface area contributed by atoms with Gasteiger partial charge in [-0.3, -0.25) is 0 Å². The zero-order valence-electron chi connectivity index (χ0n) is 18.4. The Hall–Kier alpha value is -1.98. The first kappa shape index (κ1) is 21.8. The number of aryl methyl sites for hydroxylation is 2. The van der Waals surface area contributed by atoms with Gasteiger partial charge in [0.25, 0.3) is 10.2 Å². The summed E-state index contributed by atoms with van der Waals surface area (Å²) in [6, 6.07) is 8.94. The van der Waals surface area contributed by atoms with Crippen molar-refractivity contribution in [3.63, 3.8) is 0 Å². The molecule has 2 aromatic rings. The van der Waals surface area contributed by atoms with Crippen LogP contribution >= 0.6 is 11.8 Å². The van der Waals surface area contributed by atoms with Crippen LogP contribution in [-0.2, 0) is 14.9 Å². The Labute approximate surface area is 193 Å². The van der Waals surface area contributed by atoms with Crippen molar-refractivity contribution < 1.29 is 13.2 Å². The quantitative estimate of drug-likeness (QED) is 0.602. The van der Waals surface area contributed by atoms with E-state index in [0.29, 0.717) is 26.2 Å². The molecule has 172 valence electrons. The zero-order chi connectivity index (χ0) is 22.5. The lowest BCUT2D eigenvalue weighted by Gasteiger charge is -2.35. The van der Waals surface area contributed by atoms with Gasteiger partial charge in [0.1, 0.15) is 0 Å². The number of fused-ring (bicyclic) bond motifs is 2. The van der Waals surface area contributed by atoms with Gasteiger partial charge in [-0.15, -0.1) is 0 Å². The van der Waals surface area contributed by atoms with Crippen LogP contribution in [0.4, 0.5) is 22.7 Å². The number of benzene rings is 2. The van der Waals surface area contributed by atoms with Crippen LogP contribution in [0.1, 0.15) is 11.1 Å². The molecule has 3 heterocycles. The molecule has 3 aliphatic rings. The van der Waals surface area contributed by atoms with Crippen molar-refractivity contribution in [2.24, 2.45) is 5.14 Å². The molecule has 8 nitrogen and oxygen atoms in total. The molecule has 5 rings (SSSR count). The fourth-order valence-corrected chi connectivity index (χ4v) is 6.48.